The molecule has 0 spiro atoms. The second-order valence-electron chi connectivity index (χ2n) is 4.17. The van der Waals surface area contributed by atoms with Crippen molar-refractivity contribution in [2.24, 2.45) is 0 Å². The minimum atomic E-state index is -1.03. The number of carbonyl (C=O) groups excluding carboxylic acids is 1. The van der Waals surface area contributed by atoms with Gasteiger partial charge in [0.05, 0.1) is 0 Å². The lowest BCUT2D eigenvalue weighted by atomic mass is 10.0. The molecule has 1 fully saturated rings. The van der Waals surface area contributed by atoms with E-state index >= 15 is 0 Å². The lowest BCUT2D eigenvalue weighted by Gasteiger charge is -2.28. The second-order valence-corrected chi connectivity index (χ2v) is 4.17. The molecular formula is C11H19NO4. The maximum Gasteiger partial charge on any atom is 0.325 e. The van der Waals surface area contributed by atoms with Gasteiger partial charge in [-0.05, 0) is 39.5 Å². The molecule has 16 heavy (non-hydrogen) atoms. The molecule has 1 saturated carbocycles. The first-order valence-electron chi connectivity index (χ1n) is 5.69. The van der Waals surface area contributed by atoms with E-state index in [0.29, 0.717) is 19.4 Å². The molecule has 1 aliphatic carbocycles. The fourth-order valence-electron chi connectivity index (χ4n) is 2.05. The molecule has 0 aliphatic heterocycles. The van der Waals surface area contributed by atoms with E-state index in [1.54, 1.807) is 0 Å². The molecule has 0 bridgehead atoms. The van der Waals surface area contributed by atoms with Crippen molar-refractivity contribution < 1.29 is 19.4 Å². The number of ether oxygens (including phenoxy) is 1. The predicted molar refractivity (Wildman–Crippen MR) is 58.1 cm³/mol. The quantitative estimate of drug-likeness (QED) is 0.735. The van der Waals surface area contributed by atoms with Crippen molar-refractivity contribution in [3.63, 3.8) is 0 Å². The molecule has 92 valence electrons. The van der Waals surface area contributed by atoms with Gasteiger partial charge in [0.2, 0.25) is 0 Å². The molecule has 0 heterocycles. The third-order valence-corrected chi connectivity index (χ3v) is 2.96. The van der Waals surface area contributed by atoms with Crippen molar-refractivity contribution in [3.8, 4) is 0 Å². The molecule has 0 aromatic heterocycles. The first-order valence-corrected chi connectivity index (χ1v) is 5.69. The van der Waals surface area contributed by atoms with Gasteiger partial charge in [0, 0.05) is 6.61 Å². The standard InChI is InChI=1S/C11H19NO4/c1-3-16-11(6-4-5-7-11)10(15)12-8(2)9(13)14/h8H,3-7H2,1-2H3,(H,12,15)(H,13,14)/t8-/m1/s1. The lowest BCUT2D eigenvalue weighted by molar-refractivity contribution is -0.151. The molecule has 1 amide bonds. The largest absolute Gasteiger partial charge is 0.480 e. The number of carboxylic acids is 1. The number of aliphatic carboxylic acids is 1. The number of hydrogen-bond donors (Lipinski definition) is 2. The molecule has 0 aromatic rings. The molecule has 1 rings (SSSR count). The Kier molecular flexibility index (Phi) is 4.29. The van der Waals surface area contributed by atoms with Crippen LogP contribution in [-0.2, 0) is 14.3 Å². The summed E-state index contributed by atoms with van der Waals surface area (Å²) >= 11 is 0. The van der Waals surface area contributed by atoms with E-state index in [1.807, 2.05) is 6.92 Å². The number of nitrogens with one attached hydrogen (secondary N) is 1. The number of carbonyl (C=O) groups is 2. The fourth-order valence-corrected chi connectivity index (χ4v) is 2.05. The second kappa shape index (κ2) is 5.30. The summed E-state index contributed by atoms with van der Waals surface area (Å²) in [6.45, 7) is 3.76. The van der Waals surface area contributed by atoms with Gasteiger partial charge in [-0.2, -0.15) is 0 Å². The van der Waals surface area contributed by atoms with E-state index in [-0.39, 0.29) is 5.91 Å². The third kappa shape index (κ3) is 2.72. The average Bonchev–Trinajstić information content (AvgIpc) is 2.68. The van der Waals surface area contributed by atoms with E-state index in [9.17, 15) is 9.59 Å². The molecule has 0 radical (unpaired) electrons. The van der Waals surface area contributed by atoms with Crippen LogP contribution in [0.2, 0.25) is 0 Å². The summed E-state index contributed by atoms with van der Waals surface area (Å²) < 4.78 is 5.53. The van der Waals surface area contributed by atoms with Crippen molar-refractivity contribution in [2.75, 3.05) is 6.61 Å². The number of hydrogen-bond acceptors (Lipinski definition) is 3. The van der Waals surface area contributed by atoms with Crippen LogP contribution in [-0.4, -0.2) is 35.2 Å². The van der Waals surface area contributed by atoms with Crippen LogP contribution in [0.25, 0.3) is 0 Å². The van der Waals surface area contributed by atoms with Gasteiger partial charge in [-0.15, -0.1) is 0 Å². The van der Waals surface area contributed by atoms with E-state index in [0.717, 1.165) is 12.8 Å². The van der Waals surface area contributed by atoms with E-state index in [2.05, 4.69) is 5.32 Å². The SMILES string of the molecule is CCOC1(C(=O)N[C@H](C)C(=O)O)CCCC1. The molecule has 5 heteroatoms. The van der Waals surface area contributed by atoms with Crippen molar-refractivity contribution >= 4 is 11.9 Å². The first kappa shape index (κ1) is 13.0. The summed E-state index contributed by atoms with van der Waals surface area (Å²) in [5, 5.41) is 11.2. The number of rotatable bonds is 5. The maximum absolute atomic E-state index is 12.0. The van der Waals surface area contributed by atoms with Crippen LogP contribution in [0.1, 0.15) is 39.5 Å². The van der Waals surface area contributed by atoms with Crippen LogP contribution in [0.15, 0.2) is 0 Å². The summed E-state index contributed by atoms with van der Waals surface area (Å²) in [6, 6.07) is -0.870. The highest BCUT2D eigenvalue weighted by Gasteiger charge is 2.42. The van der Waals surface area contributed by atoms with E-state index < -0.39 is 17.6 Å². The molecule has 0 aromatic carbocycles. The van der Waals surface area contributed by atoms with Crippen molar-refractivity contribution in [1.29, 1.82) is 0 Å². The molecule has 0 unspecified atom stereocenters. The first-order chi connectivity index (χ1) is 7.52. The average molecular weight is 229 g/mol. The Labute approximate surface area is 95.2 Å². The van der Waals surface area contributed by atoms with E-state index in [1.165, 1.54) is 6.92 Å². The van der Waals surface area contributed by atoms with Gasteiger partial charge >= 0.3 is 5.97 Å². The number of amides is 1. The highest BCUT2D eigenvalue weighted by atomic mass is 16.5. The molecule has 0 saturated heterocycles. The van der Waals surface area contributed by atoms with Crippen molar-refractivity contribution in [1.82, 2.24) is 5.32 Å². The lowest BCUT2D eigenvalue weighted by Crippen LogP contribution is -2.51. The Bertz CT molecular complexity index is 271. The van der Waals surface area contributed by atoms with Crippen LogP contribution in [0.5, 0.6) is 0 Å². The van der Waals surface area contributed by atoms with E-state index in [4.69, 9.17) is 9.84 Å². The highest BCUT2D eigenvalue weighted by molar-refractivity contribution is 5.89. The minimum Gasteiger partial charge on any atom is -0.480 e. The zero-order chi connectivity index (χ0) is 12.2. The van der Waals surface area contributed by atoms with Crippen LogP contribution in [0.3, 0.4) is 0 Å². The molecule has 1 aliphatic rings. The third-order valence-electron chi connectivity index (χ3n) is 2.96. The van der Waals surface area contributed by atoms with Gasteiger partial charge in [0.1, 0.15) is 11.6 Å². The van der Waals surface area contributed by atoms with Crippen molar-refractivity contribution in [3.05, 3.63) is 0 Å². The highest BCUT2D eigenvalue weighted by Crippen LogP contribution is 2.33. The van der Waals surface area contributed by atoms with Crippen molar-refractivity contribution in [2.45, 2.75) is 51.2 Å². The Morgan fingerprint density at radius 2 is 2.00 bits per heavy atom. The zero-order valence-electron chi connectivity index (χ0n) is 9.78. The maximum atomic E-state index is 12.0. The van der Waals surface area contributed by atoms with Gasteiger partial charge in [-0.1, -0.05) is 0 Å². The minimum absolute atomic E-state index is 0.290. The smallest absolute Gasteiger partial charge is 0.325 e. The van der Waals surface area contributed by atoms with Crippen LogP contribution >= 0.6 is 0 Å². The van der Waals surface area contributed by atoms with Crippen LogP contribution in [0, 0.1) is 0 Å². The van der Waals surface area contributed by atoms with Crippen LogP contribution < -0.4 is 5.32 Å². The molecule has 1 atom stereocenters. The van der Waals surface area contributed by atoms with Gasteiger partial charge in [-0.25, -0.2) is 0 Å². The Hall–Kier alpha value is -1.10. The van der Waals surface area contributed by atoms with Crippen LogP contribution in [0.4, 0.5) is 0 Å². The number of carboxylic acid groups (broad SMARTS) is 1. The summed E-state index contributed by atoms with van der Waals surface area (Å²) in [6.07, 6.45) is 3.27. The predicted octanol–water partition coefficient (Wildman–Crippen LogP) is 0.925. The molecule has 2 N–H and O–H groups in total. The summed E-state index contributed by atoms with van der Waals surface area (Å²) in [4.78, 5) is 22.6. The summed E-state index contributed by atoms with van der Waals surface area (Å²) in [7, 11) is 0. The topological polar surface area (TPSA) is 75.6 Å². The van der Waals surface area contributed by atoms with Gasteiger partial charge in [-0.3, -0.25) is 9.59 Å². The van der Waals surface area contributed by atoms with Gasteiger partial charge < -0.3 is 15.2 Å². The van der Waals surface area contributed by atoms with Gasteiger partial charge in [0.25, 0.3) is 5.91 Å². The molecular weight excluding hydrogens is 210 g/mol. The van der Waals surface area contributed by atoms with Gasteiger partial charge in [0.15, 0.2) is 0 Å². The Balaban J connectivity index is 2.65. The Morgan fingerprint density at radius 3 is 2.44 bits per heavy atom. The Morgan fingerprint density at radius 1 is 1.44 bits per heavy atom. The summed E-state index contributed by atoms with van der Waals surface area (Å²) in [5.74, 6) is -1.32. The fraction of sp³-hybridized carbons (Fsp3) is 0.818. The zero-order valence-corrected chi connectivity index (χ0v) is 9.78. The summed E-state index contributed by atoms with van der Waals surface area (Å²) in [5.41, 5.74) is -0.793. The monoisotopic (exact) mass is 229 g/mol. The molecule has 5 nitrogen and oxygen atoms in total. The normalized spacial score (nSPS) is 20.4.